The average molecular weight is 438 g/mol. The molecule has 2 aromatic rings. The predicted molar refractivity (Wildman–Crippen MR) is 112 cm³/mol. The minimum Gasteiger partial charge on any atom is -0.471 e. The summed E-state index contributed by atoms with van der Waals surface area (Å²) in [7, 11) is -3.56. The molecule has 1 heterocycles. The number of benzene rings is 2. The molecule has 9 heteroatoms. The number of halogens is 1. The number of urea groups is 1. The molecule has 0 bridgehead atoms. The summed E-state index contributed by atoms with van der Waals surface area (Å²) in [5.74, 6) is 0.594. The van der Waals surface area contributed by atoms with E-state index in [-0.39, 0.29) is 24.0 Å². The van der Waals surface area contributed by atoms with Crippen LogP contribution in [0.4, 0.5) is 4.79 Å². The number of aryl methyl sites for hydroxylation is 1. The van der Waals surface area contributed by atoms with Crippen LogP contribution in [0.1, 0.15) is 12.5 Å². The van der Waals surface area contributed by atoms with Crippen LogP contribution in [0.5, 0.6) is 5.75 Å². The highest BCUT2D eigenvalue weighted by Crippen LogP contribution is 2.19. The van der Waals surface area contributed by atoms with Gasteiger partial charge in [0.05, 0.1) is 4.90 Å². The van der Waals surface area contributed by atoms with Crippen LogP contribution in [0.3, 0.4) is 0 Å². The number of hydrogen-bond acceptors (Lipinski definition) is 4. The molecular formula is C20H24ClN3O4S. The lowest BCUT2D eigenvalue weighted by molar-refractivity contribution is 0.140. The van der Waals surface area contributed by atoms with Crippen LogP contribution < -0.4 is 10.1 Å². The lowest BCUT2D eigenvalue weighted by atomic mass is 10.2. The number of rotatable bonds is 5. The van der Waals surface area contributed by atoms with E-state index < -0.39 is 16.3 Å². The summed E-state index contributed by atoms with van der Waals surface area (Å²) >= 11 is 5.85. The molecule has 1 atom stereocenters. The van der Waals surface area contributed by atoms with E-state index in [1.165, 1.54) is 4.31 Å². The number of hydrogen-bond donors (Lipinski definition) is 1. The van der Waals surface area contributed by atoms with Crippen molar-refractivity contribution in [2.75, 3.05) is 26.2 Å². The zero-order valence-corrected chi connectivity index (χ0v) is 17.9. The third-order valence-electron chi connectivity index (χ3n) is 4.64. The summed E-state index contributed by atoms with van der Waals surface area (Å²) in [5, 5.41) is 3.37. The molecule has 156 valence electrons. The molecule has 2 amide bonds. The zero-order chi connectivity index (χ0) is 21.0. The average Bonchev–Trinajstić information content (AvgIpc) is 2.70. The Morgan fingerprint density at radius 3 is 2.21 bits per heavy atom. The van der Waals surface area contributed by atoms with Gasteiger partial charge in [-0.05, 0) is 50.2 Å². The fourth-order valence-electron chi connectivity index (χ4n) is 3.00. The Hall–Kier alpha value is -2.29. The van der Waals surface area contributed by atoms with Crippen LogP contribution in [0.25, 0.3) is 0 Å². The van der Waals surface area contributed by atoms with Gasteiger partial charge in [0, 0.05) is 31.2 Å². The number of carbonyl (C=O) groups is 1. The van der Waals surface area contributed by atoms with E-state index in [4.69, 9.17) is 16.3 Å². The highest BCUT2D eigenvalue weighted by atomic mass is 35.5. The van der Waals surface area contributed by atoms with Gasteiger partial charge in [-0.15, -0.1) is 0 Å². The van der Waals surface area contributed by atoms with Crippen molar-refractivity contribution in [2.24, 2.45) is 0 Å². The highest BCUT2D eigenvalue weighted by Gasteiger charge is 2.30. The number of nitrogens with zero attached hydrogens (tertiary/aromatic N) is 2. The van der Waals surface area contributed by atoms with Gasteiger partial charge in [-0.3, -0.25) is 0 Å². The van der Waals surface area contributed by atoms with E-state index in [9.17, 15) is 13.2 Å². The number of carbonyl (C=O) groups excluding carboxylic acids is 1. The molecule has 29 heavy (non-hydrogen) atoms. The lowest BCUT2D eigenvalue weighted by Gasteiger charge is -2.34. The largest absolute Gasteiger partial charge is 0.471 e. The van der Waals surface area contributed by atoms with Crippen molar-refractivity contribution in [2.45, 2.75) is 25.0 Å². The first-order valence-corrected chi connectivity index (χ1v) is 11.1. The molecule has 0 saturated carbocycles. The number of nitrogens with one attached hydrogen (secondary N) is 1. The van der Waals surface area contributed by atoms with Gasteiger partial charge in [0.2, 0.25) is 10.0 Å². The maximum Gasteiger partial charge on any atom is 0.320 e. The molecular weight excluding hydrogens is 414 g/mol. The Morgan fingerprint density at radius 2 is 1.62 bits per heavy atom. The van der Waals surface area contributed by atoms with Crippen LogP contribution in [0.2, 0.25) is 5.02 Å². The molecule has 7 nitrogen and oxygen atoms in total. The number of ether oxygens (including phenoxy) is 1. The third kappa shape index (κ3) is 5.41. The molecule has 1 N–H and O–H groups in total. The summed E-state index contributed by atoms with van der Waals surface area (Å²) in [6.45, 7) is 4.75. The topological polar surface area (TPSA) is 79.0 Å². The van der Waals surface area contributed by atoms with Crippen molar-refractivity contribution < 1.29 is 17.9 Å². The summed E-state index contributed by atoms with van der Waals surface area (Å²) < 4.78 is 32.6. The van der Waals surface area contributed by atoms with E-state index in [0.717, 1.165) is 5.56 Å². The van der Waals surface area contributed by atoms with Crippen LogP contribution in [0, 0.1) is 6.92 Å². The summed E-state index contributed by atoms with van der Waals surface area (Å²) in [5.41, 5.74) is 1.00. The lowest BCUT2D eigenvalue weighted by Crippen LogP contribution is -2.54. The van der Waals surface area contributed by atoms with Gasteiger partial charge in [-0.2, -0.15) is 4.31 Å². The van der Waals surface area contributed by atoms with Crippen molar-refractivity contribution in [3.63, 3.8) is 0 Å². The number of amides is 2. The van der Waals surface area contributed by atoms with Crippen molar-refractivity contribution >= 4 is 27.7 Å². The number of piperazine rings is 1. The molecule has 0 aliphatic carbocycles. The number of sulfonamides is 1. The molecule has 1 saturated heterocycles. The van der Waals surface area contributed by atoms with Gasteiger partial charge >= 0.3 is 6.03 Å². The highest BCUT2D eigenvalue weighted by molar-refractivity contribution is 7.89. The standard InChI is InChI=1S/C20H24ClN3O4S/c1-15-3-9-19(10-4-15)29(26,27)24-13-11-23(12-14-24)20(25)22-16(2)28-18-7-5-17(21)6-8-18/h3-10,16H,11-14H2,1-2H3,(H,22,25). The third-order valence-corrected chi connectivity index (χ3v) is 6.80. The Kier molecular flexibility index (Phi) is 6.66. The van der Waals surface area contributed by atoms with Crippen molar-refractivity contribution in [1.82, 2.24) is 14.5 Å². The van der Waals surface area contributed by atoms with Crippen LogP contribution >= 0.6 is 11.6 Å². The van der Waals surface area contributed by atoms with Crippen molar-refractivity contribution in [1.29, 1.82) is 0 Å². The second kappa shape index (κ2) is 9.02. The van der Waals surface area contributed by atoms with Crippen LogP contribution in [0.15, 0.2) is 53.4 Å². The van der Waals surface area contributed by atoms with E-state index in [1.54, 1.807) is 60.4 Å². The molecule has 1 fully saturated rings. The second-order valence-electron chi connectivity index (χ2n) is 6.87. The Labute approximate surface area is 176 Å². The smallest absolute Gasteiger partial charge is 0.320 e. The molecule has 0 aromatic heterocycles. The quantitative estimate of drug-likeness (QED) is 0.729. The monoisotopic (exact) mass is 437 g/mol. The fraction of sp³-hybridized carbons (Fsp3) is 0.350. The second-order valence-corrected chi connectivity index (χ2v) is 9.24. The van der Waals surface area contributed by atoms with Crippen molar-refractivity contribution in [3.05, 3.63) is 59.1 Å². The molecule has 1 unspecified atom stereocenters. The van der Waals surface area contributed by atoms with E-state index in [2.05, 4.69) is 5.32 Å². The summed E-state index contributed by atoms with van der Waals surface area (Å²) in [6.07, 6.45) is -0.544. The van der Waals surface area contributed by atoms with E-state index >= 15 is 0 Å². The maximum atomic E-state index is 12.8. The van der Waals surface area contributed by atoms with Gasteiger partial charge in [0.1, 0.15) is 5.75 Å². The van der Waals surface area contributed by atoms with Gasteiger partial charge < -0.3 is 15.0 Å². The molecule has 1 aliphatic heterocycles. The molecule has 3 rings (SSSR count). The van der Waals surface area contributed by atoms with Crippen molar-refractivity contribution in [3.8, 4) is 5.75 Å². The van der Waals surface area contributed by atoms with Gasteiger partial charge in [-0.25, -0.2) is 13.2 Å². The van der Waals surface area contributed by atoms with E-state index in [1.807, 2.05) is 6.92 Å². The fourth-order valence-corrected chi connectivity index (χ4v) is 4.55. The first-order chi connectivity index (χ1) is 13.8. The van der Waals surface area contributed by atoms with E-state index in [0.29, 0.717) is 23.9 Å². The first kappa shape index (κ1) is 21.4. The van der Waals surface area contributed by atoms with Gasteiger partial charge in [0.15, 0.2) is 6.23 Å². The normalized spacial score (nSPS) is 16.3. The molecule has 2 aromatic carbocycles. The summed E-state index contributed by atoms with van der Waals surface area (Å²) in [4.78, 5) is 14.3. The van der Waals surface area contributed by atoms with Gasteiger partial charge in [0.25, 0.3) is 0 Å². The molecule has 1 aliphatic rings. The Morgan fingerprint density at radius 1 is 1.03 bits per heavy atom. The molecule has 0 radical (unpaired) electrons. The van der Waals surface area contributed by atoms with Crippen LogP contribution in [-0.2, 0) is 10.0 Å². The molecule has 0 spiro atoms. The zero-order valence-electron chi connectivity index (χ0n) is 16.3. The SMILES string of the molecule is Cc1ccc(S(=O)(=O)N2CCN(C(=O)NC(C)Oc3ccc(Cl)cc3)CC2)cc1. The van der Waals surface area contributed by atoms with Gasteiger partial charge in [-0.1, -0.05) is 29.3 Å². The maximum absolute atomic E-state index is 12.8. The minimum absolute atomic E-state index is 0.246. The minimum atomic E-state index is -3.56. The van der Waals surface area contributed by atoms with Crippen LogP contribution in [-0.4, -0.2) is 56.1 Å². The Balaban J connectivity index is 1.52. The Bertz CT molecular complexity index is 941. The summed E-state index contributed by atoms with van der Waals surface area (Å²) in [6, 6.07) is 13.3. The first-order valence-electron chi connectivity index (χ1n) is 9.30. The predicted octanol–water partition coefficient (Wildman–Crippen LogP) is 3.09.